The Morgan fingerprint density at radius 3 is 2.61 bits per heavy atom. The second-order valence-electron chi connectivity index (χ2n) is 7.64. The lowest BCUT2D eigenvalue weighted by Crippen LogP contribution is -2.40. The third-order valence-corrected chi connectivity index (χ3v) is 7.20. The number of rotatable bonds is 7. The SMILES string of the molecule is Cc1cccc(C(C)C)c1NC(=O)COc1ccc(Cl)cc1S(=O)(=O)N1CCOCC1. The molecule has 168 valence electrons. The number of carbonyl (C=O) groups excluding carboxylic acids is 1. The molecule has 2 aromatic carbocycles. The first-order valence-electron chi connectivity index (χ1n) is 10.1. The van der Waals surface area contributed by atoms with Gasteiger partial charge in [-0.2, -0.15) is 4.31 Å². The fraction of sp³-hybridized carbons (Fsp3) is 0.409. The molecule has 0 aromatic heterocycles. The van der Waals surface area contributed by atoms with Gasteiger partial charge in [0.15, 0.2) is 6.61 Å². The summed E-state index contributed by atoms with van der Waals surface area (Å²) in [6.07, 6.45) is 0. The van der Waals surface area contributed by atoms with Crippen molar-refractivity contribution in [3.05, 3.63) is 52.5 Å². The van der Waals surface area contributed by atoms with Gasteiger partial charge in [0.2, 0.25) is 10.0 Å². The Hall–Kier alpha value is -2.13. The van der Waals surface area contributed by atoms with Crippen molar-refractivity contribution in [2.75, 3.05) is 38.2 Å². The van der Waals surface area contributed by atoms with Crippen LogP contribution in [0.1, 0.15) is 30.9 Å². The number of benzene rings is 2. The van der Waals surface area contributed by atoms with Gasteiger partial charge in [0.25, 0.3) is 5.91 Å². The standard InChI is InChI=1S/C22H27ClN2O5S/c1-15(2)18-6-4-5-16(3)22(18)24-21(26)14-30-19-8-7-17(23)13-20(19)31(27,28)25-9-11-29-12-10-25/h4-8,13,15H,9-12,14H2,1-3H3,(H,24,26). The minimum absolute atomic E-state index is 0.0616. The molecule has 1 amide bonds. The number of nitrogens with zero attached hydrogens (tertiary/aromatic N) is 1. The van der Waals surface area contributed by atoms with Gasteiger partial charge in [0.05, 0.1) is 13.2 Å². The van der Waals surface area contributed by atoms with Crippen molar-refractivity contribution in [2.45, 2.75) is 31.6 Å². The van der Waals surface area contributed by atoms with Crippen LogP contribution in [-0.4, -0.2) is 51.5 Å². The van der Waals surface area contributed by atoms with E-state index >= 15 is 0 Å². The number of para-hydroxylation sites is 1. The van der Waals surface area contributed by atoms with Crippen molar-refractivity contribution in [2.24, 2.45) is 0 Å². The van der Waals surface area contributed by atoms with Crippen molar-refractivity contribution in [1.29, 1.82) is 0 Å². The molecule has 3 rings (SSSR count). The average molecular weight is 467 g/mol. The van der Waals surface area contributed by atoms with Crippen LogP contribution in [0.5, 0.6) is 5.75 Å². The van der Waals surface area contributed by atoms with Crippen LogP contribution in [0.2, 0.25) is 5.02 Å². The number of anilines is 1. The maximum absolute atomic E-state index is 13.1. The molecule has 0 radical (unpaired) electrons. The Morgan fingerprint density at radius 2 is 1.94 bits per heavy atom. The van der Waals surface area contributed by atoms with E-state index in [0.29, 0.717) is 13.2 Å². The van der Waals surface area contributed by atoms with E-state index in [1.54, 1.807) is 0 Å². The van der Waals surface area contributed by atoms with Crippen molar-refractivity contribution < 1.29 is 22.7 Å². The number of amides is 1. The molecule has 1 heterocycles. The van der Waals surface area contributed by atoms with Crippen LogP contribution < -0.4 is 10.1 Å². The van der Waals surface area contributed by atoms with Gasteiger partial charge in [-0.1, -0.05) is 43.6 Å². The normalized spacial score (nSPS) is 15.1. The Morgan fingerprint density at radius 1 is 1.23 bits per heavy atom. The van der Waals surface area contributed by atoms with Crippen LogP contribution >= 0.6 is 11.6 Å². The van der Waals surface area contributed by atoms with E-state index in [9.17, 15) is 13.2 Å². The summed E-state index contributed by atoms with van der Waals surface area (Å²) >= 11 is 6.05. The predicted octanol–water partition coefficient (Wildman–Crippen LogP) is 3.81. The van der Waals surface area contributed by atoms with Crippen molar-refractivity contribution in [3.63, 3.8) is 0 Å². The molecule has 7 nitrogen and oxygen atoms in total. The highest BCUT2D eigenvalue weighted by molar-refractivity contribution is 7.89. The van der Waals surface area contributed by atoms with E-state index < -0.39 is 10.0 Å². The molecule has 0 unspecified atom stereocenters. The van der Waals surface area contributed by atoms with E-state index in [4.69, 9.17) is 21.1 Å². The molecular formula is C22H27ClN2O5S. The lowest BCUT2D eigenvalue weighted by Gasteiger charge is -2.26. The number of halogens is 1. The molecule has 1 N–H and O–H groups in total. The largest absolute Gasteiger partial charge is 0.482 e. The molecule has 2 aromatic rings. The zero-order valence-corrected chi connectivity index (χ0v) is 19.4. The summed E-state index contributed by atoms with van der Waals surface area (Å²) in [6, 6.07) is 10.2. The van der Waals surface area contributed by atoms with E-state index in [1.165, 1.54) is 22.5 Å². The molecule has 1 saturated heterocycles. The Labute approximate surface area is 188 Å². The molecule has 0 atom stereocenters. The number of sulfonamides is 1. The highest BCUT2D eigenvalue weighted by Crippen LogP contribution is 2.31. The van der Waals surface area contributed by atoms with Crippen LogP contribution in [0.3, 0.4) is 0 Å². The van der Waals surface area contributed by atoms with Crippen molar-refractivity contribution in [1.82, 2.24) is 4.31 Å². The number of carbonyl (C=O) groups is 1. The number of hydrogen-bond acceptors (Lipinski definition) is 5. The minimum atomic E-state index is -3.83. The fourth-order valence-corrected chi connectivity index (χ4v) is 5.19. The van der Waals surface area contributed by atoms with Crippen LogP contribution in [0.25, 0.3) is 0 Å². The van der Waals surface area contributed by atoms with Gasteiger partial charge in [0, 0.05) is 23.8 Å². The summed E-state index contributed by atoms with van der Waals surface area (Å²) in [5.74, 6) is -0.0570. The van der Waals surface area contributed by atoms with E-state index in [-0.39, 0.29) is 47.2 Å². The third-order valence-electron chi connectivity index (χ3n) is 5.04. The fourth-order valence-electron chi connectivity index (χ4n) is 3.39. The zero-order valence-electron chi connectivity index (χ0n) is 17.9. The second kappa shape index (κ2) is 9.99. The number of aryl methyl sites for hydroxylation is 1. The molecular weight excluding hydrogens is 440 g/mol. The number of nitrogens with one attached hydrogen (secondary N) is 1. The van der Waals surface area contributed by atoms with Gasteiger partial charge >= 0.3 is 0 Å². The summed E-state index contributed by atoms with van der Waals surface area (Å²) in [4.78, 5) is 12.5. The lowest BCUT2D eigenvalue weighted by molar-refractivity contribution is -0.118. The summed E-state index contributed by atoms with van der Waals surface area (Å²) in [5, 5.41) is 3.17. The maximum Gasteiger partial charge on any atom is 0.262 e. The quantitative estimate of drug-likeness (QED) is 0.670. The van der Waals surface area contributed by atoms with Gasteiger partial charge in [-0.3, -0.25) is 4.79 Å². The van der Waals surface area contributed by atoms with E-state index in [0.717, 1.165) is 16.8 Å². The van der Waals surface area contributed by atoms with Crippen LogP contribution in [0.4, 0.5) is 5.69 Å². The summed E-state index contributed by atoms with van der Waals surface area (Å²) < 4.78 is 38.4. The van der Waals surface area contributed by atoms with Crippen LogP contribution in [0, 0.1) is 6.92 Å². The topological polar surface area (TPSA) is 84.9 Å². The second-order valence-corrected chi connectivity index (χ2v) is 9.98. The Balaban J connectivity index is 1.78. The molecule has 0 aliphatic carbocycles. The molecule has 0 spiro atoms. The van der Waals surface area contributed by atoms with Crippen LogP contribution in [-0.2, 0) is 19.6 Å². The smallest absolute Gasteiger partial charge is 0.262 e. The Kier molecular flexibility index (Phi) is 7.59. The first-order chi connectivity index (χ1) is 14.7. The molecule has 0 bridgehead atoms. The number of ether oxygens (including phenoxy) is 2. The first-order valence-corrected chi connectivity index (χ1v) is 11.9. The van der Waals surface area contributed by atoms with Gasteiger partial charge in [-0.15, -0.1) is 0 Å². The number of hydrogen-bond donors (Lipinski definition) is 1. The summed E-state index contributed by atoms with van der Waals surface area (Å²) in [5.41, 5.74) is 2.72. The maximum atomic E-state index is 13.1. The summed E-state index contributed by atoms with van der Waals surface area (Å²) in [7, 11) is -3.83. The minimum Gasteiger partial charge on any atom is -0.482 e. The molecule has 31 heavy (non-hydrogen) atoms. The van der Waals surface area contributed by atoms with Crippen molar-refractivity contribution >= 4 is 33.2 Å². The van der Waals surface area contributed by atoms with E-state index in [1.807, 2.05) is 25.1 Å². The molecule has 9 heteroatoms. The highest BCUT2D eigenvalue weighted by atomic mass is 35.5. The monoisotopic (exact) mass is 466 g/mol. The lowest BCUT2D eigenvalue weighted by atomic mass is 9.98. The molecule has 0 saturated carbocycles. The van der Waals surface area contributed by atoms with Gasteiger partial charge < -0.3 is 14.8 Å². The van der Waals surface area contributed by atoms with Crippen LogP contribution in [0.15, 0.2) is 41.3 Å². The highest BCUT2D eigenvalue weighted by Gasteiger charge is 2.30. The molecule has 1 aliphatic heterocycles. The predicted molar refractivity (Wildman–Crippen MR) is 120 cm³/mol. The van der Waals surface area contributed by atoms with Gasteiger partial charge in [-0.25, -0.2) is 8.42 Å². The summed E-state index contributed by atoms with van der Waals surface area (Å²) in [6.45, 7) is 6.85. The molecule has 1 aliphatic rings. The first kappa shape index (κ1) is 23.5. The molecule has 1 fully saturated rings. The van der Waals surface area contributed by atoms with Gasteiger partial charge in [0.1, 0.15) is 10.6 Å². The van der Waals surface area contributed by atoms with Crippen molar-refractivity contribution in [3.8, 4) is 5.75 Å². The van der Waals surface area contributed by atoms with Gasteiger partial charge in [-0.05, 0) is 42.2 Å². The number of morpholine rings is 1. The zero-order chi connectivity index (χ0) is 22.6. The Bertz CT molecular complexity index is 1050. The third kappa shape index (κ3) is 5.57. The van der Waals surface area contributed by atoms with E-state index in [2.05, 4.69) is 19.2 Å². The average Bonchev–Trinajstić information content (AvgIpc) is 2.74.